The van der Waals surface area contributed by atoms with Crippen LogP contribution in [0.1, 0.15) is 37.3 Å². The summed E-state index contributed by atoms with van der Waals surface area (Å²) in [5.41, 5.74) is 1.64. The molecule has 7 aromatic carbocycles. The Morgan fingerprint density at radius 3 is 1.73 bits per heavy atom. The molecule has 0 amide bonds. The molecule has 8 aromatic rings. The second-order valence-electron chi connectivity index (χ2n) is 11.2. The van der Waals surface area contributed by atoms with Gasteiger partial charge in [-0.05, 0) is 75.7 Å². The Balaban J connectivity index is 1.34. The smallest absolute Gasteiger partial charge is 0.132 e. The molecule has 0 unspecified atom stereocenters. The topological polar surface area (TPSA) is 14.2 Å². The van der Waals surface area contributed by atoms with E-state index in [1.807, 2.05) is 84.9 Å². The predicted molar refractivity (Wildman–Crippen MR) is 184 cm³/mol. The second kappa shape index (κ2) is 9.07. The lowest BCUT2D eigenvalue weighted by molar-refractivity contribution is 0.436. The van der Waals surface area contributed by atoms with E-state index in [0.717, 1.165) is 21.9 Å². The molecule has 1 aromatic heterocycles. The number of aromatic nitrogens is 1. The summed E-state index contributed by atoms with van der Waals surface area (Å²) in [6, 6.07) is 24.3. The highest BCUT2D eigenvalue weighted by molar-refractivity contribution is 6.09. The minimum atomic E-state index is -1.66. The van der Waals surface area contributed by atoms with Crippen LogP contribution < -0.4 is 4.74 Å². The van der Waals surface area contributed by atoms with Crippen LogP contribution in [0.3, 0.4) is 0 Å². The Hall–Kier alpha value is -5.86. The molecule has 0 N–H and O–H groups in total. The van der Waals surface area contributed by atoms with Crippen LogP contribution in [0.4, 0.5) is 0 Å². The summed E-state index contributed by atoms with van der Waals surface area (Å²) in [7, 11) is 0. The number of benzene rings is 7. The van der Waals surface area contributed by atoms with Gasteiger partial charge in [0.15, 0.2) is 0 Å². The van der Waals surface area contributed by atoms with Gasteiger partial charge in [0.1, 0.15) is 11.5 Å². The molecule has 2 aliphatic rings. The minimum Gasteiger partial charge on any atom is -0.457 e. The van der Waals surface area contributed by atoms with Crippen LogP contribution in [-0.4, -0.2) is 4.57 Å². The van der Waals surface area contributed by atoms with E-state index in [0.29, 0.717) is 22.2 Å². The Labute approximate surface area is 276 Å². The lowest BCUT2D eigenvalue weighted by Crippen LogP contribution is -2.32. The molecule has 1 aliphatic carbocycles. The van der Waals surface area contributed by atoms with E-state index in [9.17, 15) is 11.0 Å². The van der Waals surface area contributed by atoms with E-state index in [-0.39, 0.29) is 39.4 Å². The number of nitrogens with zero attached hydrogens (tertiary/aromatic N) is 1. The van der Waals surface area contributed by atoms with Crippen LogP contribution in [0, 0.1) is 0 Å². The van der Waals surface area contributed by atoms with Crippen LogP contribution >= 0.6 is 0 Å². The average molecular weight is 585 g/mol. The van der Waals surface area contributed by atoms with Crippen molar-refractivity contribution in [2.75, 3.05) is 0 Å². The largest absolute Gasteiger partial charge is 0.457 e. The van der Waals surface area contributed by atoms with E-state index in [2.05, 4.69) is 0 Å². The maximum atomic E-state index is 10.0. The van der Waals surface area contributed by atoms with Gasteiger partial charge < -0.3 is 9.30 Å². The molecule has 0 radical (unpaired) electrons. The van der Waals surface area contributed by atoms with E-state index < -0.39 is 71.9 Å². The zero-order chi connectivity index (χ0) is 39.1. The van der Waals surface area contributed by atoms with Gasteiger partial charge in [0.05, 0.1) is 31.5 Å². The highest BCUT2D eigenvalue weighted by atomic mass is 16.5. The molecule has 10 rings (SSSR count). The van der Waals surface area contributed by atoms with Crippen LogP contribution in [0.2, 0.25) is 0 Å². The zero-order valence-electron chi connectivity index (χ0n) is 34.6. The SMILES string of the molecule is [2H]c1c([2H])c([2H])c2c(c1[2H])Oc1c([2H])c([2H])c(-c3c([2H])c([2H])c(-n4c5ccccc5c5ccccc54)c([2H])c3[2H])c([2H])c1C21c2ccccc2-c2ccccc21. The van der Waals surface area contributed by atoms with Gasteiger partial charge >= 0.3 is 0 Å². The standard InChI is InChI=1S/C43H27NO/c1-5-15-35-31(11-1)32-12-2-6-16-36(32)43(35)37-17-7-10-20-41(37)45-42-26-23-29(27-38(42)43)28-21-24-30(25-22-28)44-39-18-8-3-13-33(39)34-14-4-9-19-40(34)44/h1-27H/i7D,10D,17D,20D,21D,22D,23D,24D,25D,26D,27D. The maximum Gasteiger partial charge on any atom is 0.132 e. The van der Waals surface area contributed by atoms with Crippen LogP contribution in [0.15, 0.2) is 164 Å². The van der Waals surface area contributed by atoms with Crippen molar-refractivity contribution in [3.8, 4) is 39.4 Å². The Bertz CT molecular complexity index is 2970. The molecule has 0 atom stereocenters. The summed E-state index contributed by atoms with van der Waals surface area (Å²) in [6.07, 6.45) is 0. The molecule has 0 saturated carbocycles. The maximum absolute atomic E-state index is 10.0. The fourth-order valence-corrected chi connectivity index (χ4v) is 7.21. The lowest BCUT2D eigenvalue weighted by atomic mass is 9.66. The van der Waals surface area contributed by atoms with Crippen molar-refractivity contribution in [1.82, 2.24) is 4.57 Å². The van der Waals surface area contributed by atoms with Gasteiger partial charge in [-0.25, -0.2) is 0 Å². The summed E-state index contributed by atoms with van der Waals surface area (Å²) < 4.78 is 110. The third-order valence-corrected chi connectivity index (χ3v) is 9.00. The van der Waals surface area contributed by atoms with Gasteiger partial charge in [-0.2, -0.15) is 0 Å². The molecular formula is C43H27NO. The predicted octanol–water partition coefficient (Wildman–Crippen LogP) is 10.9. The summed E-state index contributed by atoms with van der Waals surface area (Å²) in [6.45, 7) is 0. The van der Waals surface area contributed by atoms with Gasteiger partial charge in [0.2, 0.25) is 0 Å². The third kappa shape index (κ3) is 3.23. The Morgan fingerprint density at radius 2 is 1.04 bits per heavy atom. The fraction of sp³-hybridized carbons (Fsp3) is 0.0233. The van der Waals surface area contributed by atoms with Gasteiger partial charge in [-0.1, -0.05) is 121 Å². The van der Waals surface area contributed by atoms with Crippen LogP contribution in [0.25, 0.3) is 49.7 Å². The van der Waals surface area contributed by atoms with E-state index in [1.165, 1.54) is 0 Å². The third-order valence-electron chi connectivity index (χ3n) is 9.00. The summed E-state index contributed by atoms with van der Waals surface area (Å²) in [5.74, 6) is -0.486. The Morgan fingerprint density at radius 1 is 0.489 bits per heavy atom. The zero-order valence-corrected chi connectivity index (χ0v) is 23.6. The molecule has 1 spiro atoms. The van der Waals surface area contributed by atoms with Crippen molar-refractivity contribution in [2.45, 2.75) is 5.41 Å². The second-order valence-corrected chi connectivity index (χ2v) is 11.2. The first-order valence-corrected chi connectivity index (χ1v) is 14.6. The molecule has 2 heterocycles. The molecule has 45 heavy (non-hydrogen) atoms. The van der Waals surface area contributed by atoms with E-state index >= 15 is 0 Å². The van der Waals surface area contributed by atoms with Gasteiger partial charge in [0.25, 0.3) is 0 Å². The molecule has 0 fully saturated rings. The summed E-state index contributed by atoms with van der Waals surface area (Å²) >= 11 is 0. The first-order valence-electron chi connectivity index (χ1n) is 20.1. The van der Waals surface area contributed by atoms with Gasteiger partial charge in [-0.3, -0.25) is 0 Å². The normalized spacial score (nSPS) is 17.1. The Kier molecular flexibility index (Phi) is 3.28. The number of rotatable bonds is 2. The average Bonchev–Trinajstić information content (AvgIpc) is 3.69. The van der Waals surface area contributed by atoms with Crippen molar-refractivity contribution in [2.24, 2.45) is 0 Å². The van der Waals surface area contributed by atoms with Crippen molar-refractivity contribution >= 4 is 21.8 Å². The quantitative estimate of drug-likeness (QED) is 0.197. The highest BCUT2D eigenvalue weighted by Crippen LogP contribution is 2.62. The van der Waals surface area contributed by atoms with Crippen molar-refractivity contribution < 1.29 is 19.8 Å². The number of hydrogen-bond acceptors (Lipinski definition) is 1. The summed E-state index contributed by atoms with van der Waals surface area (Å²) in [5, 5.41) is 1.72. The van der Waals surface area contributed by atoms with Crippen molar-refractivity contribution in [1.29, 1.82) is 0 Å². The molecular weight excluding hydrogens is 546 g/mol. The van der Waals surface area contributed by atoms with Crippen molar-refractivity contribution in [3.63, 3.8) is 0 Å². The van der Waals surface area contributed by atoms with E-state index in [1.54, 1.807) is 16.7 Å². The first-order chi connectivity index (χ1) is 26.9. The summed E-state index contributed by atoms with van der Waals surface area (Å²) in [4.78, 5) is 0. The first kappa shape index (κ1) is 16.3. The van der Waals surface area contributed by atoms with Crippen molar-refractivity contribution in [3.05, 3.63) is 186 Å². The fourth-order valence-electron chi connectivity index (χ4n) is 7.21. The number of ether oxygens (including phenoxy) is 1. The molecule has 1 aliphatic heterocycles. The number of fused-ring (bicyclic) bond motifs is 12. The highest BCUT2D eigenvalue weighted by Gasteiger charge is 2.50. The van der Waals surface area contributed by atoms with Crippen LogP contribution in [-0.2, 0) is 5.41 Å². The monoisotopic (exact) mass is 584 g/mol. The van der Waals surface area contributed by atoms with Gasteiger partial charge in [-0.15, -0.1) is 0 Å². The van der Waals surface area contributed by atoms with Gasteiger partial charge in [0, 0.05) is 27.6 Å². The molecule has 0 saturated heterocycles. The molecule has 2 heteroatoms. The molecule has 0 bridgehead atoms. The lowest BCUT2D eigenvalue weighted by Gasteiger charge is -2.39. The van der Waals surface area contributed by atoms with Crippen LogP contribution in [0.5, 0.6) is 11.5 Å². The molecule has 2 nitrogen and oxygen atoms in total. The minimum absolute atomic E-state index is 0.00626. The number of hydrogen-bond donors (Lipinski definition) is 0. The molecule has 210 valence electrons. The number of para-hydroxylation sites is 3. The van der Waals surface area contributed by atoms with E-state index in [4.69, 9.17) is 8.85 Å².